The summed E-state index contributed by atoms with van der Waals surface area (Å²) >= 11 is 0. The number of halogens is 1. The van der Waals surface area contributed by atoms with Gasteiger partial charge in [-0.15, -0.1) is 11.7 Å². The molecule has 0 fully saturated rings. The number of hydrogen-bond acceptors (Lipinski definition) is 4. The van der Waals surface area contributed by atoms with Crippen molar-refractivity contribution >= 4 is 5.69 Å². The first-order valence-electron chi connectivity index (χ1n) is 6.11. The van der Waals surface area contributed by atoms with Crippen LogP contribution in [0.3, 0.4) is 0 Å². The number of nitrogens with zero attached hydrogens (tertiary/aromatic N) is 4. The molecule has 0 radical (unpaired) electrons. The molecule has 0 aliphatic heterocycles. The molecule has 0 aliphatic rings. The summed E-state index contributed by atoms with van der Waals surface area (Å²) in [5.41, 5.74) is 1.16. The molecule has 1 aromatic heterocycles. The van der Waals surface area contributed by atoms with Crippen molar-refractivity contribution in [2.75, 3.05) is 5.32 Å². The zero-order chi connectivity index (χ0) is 13.7. The highest BCUT2D eigenvalue weighted by molar-refractivity contribution is 5.52. The van der Waals surface area contributed by atoms with Crippen molar-refractivity contribution in [2.45, 2.75) is 25.8 Å². The molecule has 0 saturated carbocycles. The van der Waals surface area contributed by atoms with Gasteiger partial charge < -0.3 is 5.32 Å². The fourth-order valence-corrected chi connectivity index (χ4v) is 1.75. The summed E-state index contributed by atoms with van der Waals surface area (Å²) in [5, 5.41) is 14.0. The predicted octanol–water partition coefficient (Wildman–Crippen LogP) is 2.57. The van der Waals surface area contributed by atoms with Crippen LogP contribution >= 0.6 is 0 Å². The topological polar surface area (TPSA) is 55.6 Å². The Morgan fingerprint density at radius 2 is 2.37 bits per heavy atom. The molecule has 2 aromatic rings. The molecule has 0 amide bonds. The second-order valence-electron chi connectivity index (χ2n) is 4.33. The number of rotatable bonds is 6. The van der Waals surface area contributed by atoms with E-state index in [1.807, 2.05) is 13.0 Å². The molecule has 1 N–H and O–H groups in total. The van der Waals surface area contributed by atoms with Gasteiger partial charge >= 0.3 is 0 Å². The molecule has 6 heteroatoms. The Morgan fingerprint density at radius 3 is 3.05 bits per heavy atom. The maximum atomic E-state index is 13.8. The summed E-state index contributed by atoms with van der Waals surface area (Å²) in [4.78, 5) is 0. The van der Waals surface area contributed by atoms with E-state index >= 15 is 0 Å². The number of anilines is 1. The zero-order valence-electron chi connectivity index (χ0n) is 10.8. The molecule has 0 aliphatic carbocycles. The molecule has 100 valence electrons. The fourth-order valence-electron chi connectivity index (χ4n) is 1.75. The van der Waals surface area contributed by atoms with E-state index in [4.69, 9.17) is 0 Å². The standard InChI is InChI=1S/C13H16FN5/c1-3-4-5-10(2)16-13-8-11(6-7-12(13)14)19-9-15-17-18-19/h3,6-10,16H,1,4-5H2,2H3. The lowest BCUT2D eigenvalue weighted by molar-refractivity contribution is 0.621. The van der Waals surface area contributed by atoms with E-state index in [0.29, 0.717) is 11.4 Å². The molecule has 1 atom stereocenters. The van der Waals surface area contributed by atoms with Gasteiger partial charge in [-0.2, -0.15) is 0 Å². The summed E-state index contributed by atoms with van der Waals surface area (Å²) in [6.45, 7) is 5.68. The first kappa shape index (κ1) is 13.2. The van der Waals surface area contributed by atoms with E-state index in [9.17, 15) is 4.39 Å². The molecule has 0 saturated heterocycles. The van der Waals surface area contributed by atoms with Gasteiger partial charge in [-0.05, 0) is 48.4 Å². The van der Waals surface area contributed by atoms with Gasteiger partial charge in [0.15, 0.2) is 0 Å². The highest BCUT2D eigenvalue weighted by atomic mass is 19.1. The van der Waals surface area contributed by atoms with E-state index in [2.05, 4.69) is 27.4 Å². The average Bonchev–Trinajstić information content (AvgIpc) is 2.93. The Balaban J connectivity index is 2.15. The van der Waals surface area contributed by atoms with Gasteiger partial charge in [0.1, 0.15) is 12.1 Å². The second kappa shape index (κ2) is 6.08. The summed E-state index contributed by atoms with van der Waals surface area (Å²) in [5.74, 6) is -0.290. The van der Waals surface area contributed by atoms with E-state index in [1.54, 1.807) is 12.1 Å². The number of nitrogens with one attached hydrogen (secondary N) is 1. The predicted molar refractivity (Wildman–Crippen MR) is 71.6 cm³/mol. The lowest BCUT2D eigenvalue weighted by Gasteiger charge is -2.15. The van der Waals surface area contributed by atoms with E-state index in [-0.39, 0.29) is 11.9 Å². The van der Waals surface area contributed by atoms with Gasteiger partial charge in [-0.25, -0.2) is 9.07 Å². The van der Waals surface area contributed by atoms with Crippen LogP contribution < -0.4 is 5.32 Å². The van der Waals surface area contributed by atoms with E-state index in [0.717, 1.165) is 12.8 Å². The molecule has 1 aromatic carbocycles. The summed E-state index contributed by atoms with van der Waals surface area (Å²) in [7, 11) is 0. The van der Waals surface area contributed by atoms with Crippen LogP contribution in [0.2, 0.25) is 0 Å². The maximum Gasteiger partial charge on any atom is 0.146 e. The van der Waals surface area contributed by atoms with E-state index in [1.165, 1.54) is 17.1 Å². The third-order valence-corrected chi connectivity index (χ3v) is 2.77. The van der Waals surface area contributed by atoms with Gasteiger partial charge in [-0.1, -0.05) is 6.08 Å². The van der Waals surface area contributed by atoms with Crippen LogP contribution in [0.25, 0.3) is 5.69 Å². The van der Waals surface area contributed by atoms with Crippen molar-refractivity contribution in [3.63, 3.8) is 0 Å². The Hall–Kier alpha value is -2.24. The van der Waals surface area contributed by atoms with Crippen LogP contribution in [-0.4, -0.2) is 26.2 Å². The van der Waals surface area contributed by atoms with Crippen LogP contribution in [0.5, 0.6) is 0 Å². The normalized spacial score (nSPS) is 12.1. The van der Waals surface area contributed by atoms with Crippen molar-refractivity contribution in [1.29, 1.82) is 0 Å². The zero-order valence-corrected chi connectivity index (χ0v) is 10.8. The minimum atomic E-state index is -0.290. The van der Waals surface area contributed by atoms with Crippen LogP contribution in [0, 0.1) is 5.82 Å². The Labute approximate surface area is 111 Å². The highest BCUT2D eigenvalue weighted by Gasteiger charge is 2.08. The summed E-state index contributed by atoms with van der Waals surface area (Å²) in [6.07, 6.45) is 5.12. The number of aromatic nitrogens is 4. The first-order chi connectivity index (χ1) is 9.20. The van der Waals surface area contributed by atoms with Gasteiger partial charge in [0.05, 0.1) is 11.4 Å². The maximum absolute atomic E-state index is 13.8. The number of hydrogen-bond donors (Lipinski definition) is 1. The van der Waals surface area contributed by atoms with Gasteiger partial charge in [0.2, 0.25) is 0 Å². The van der Waals surface area contributed by atoms with Crippen LogP contribution in [-0.2, 0) is 0 Å². The Morgan fingerprint density at radius 1 is 1.53 bits per heavy atom. The lowest BCUT2D eigenvalue weighted by Crippen LogP contribution is -2.16. The first-order valence-corrected chi connectivity index (χ1v) is 6.11. The molecule has 1 unspecified atom stereocenters. The molecular formula is C13H16FN5. The van der Waals surface area contributed by atoms with Gasteiger partial charge in [0, 0.05) is 6.04 Å². The Bertz CT molecular complexity index is 538. The summed E-state index contributed by atoms with van der Waals surface area (Å²) < 4.78 is 15.2. The van der Waals surface area contributed by atoms with Gasteiger partial charge in [-0.3, -0.25) is 0 Å². The third-order valence-electron chi connectivity index (χ3n) is 2.77. The minimum Gasteiger partial charge on any atom is -0.380 e. The average molecular weight is 261 g/mol. The van der Waals surface area contributed by atoms with E-state index < -0.39 is 0 Å². The van der Waals surface area contributed by atoms with Crippen molar-refractivity contribution in [3.05, 3.63) is 43.0 Å². The minimum absolute atomic E-state index is 0.164. The quantitative estimate of drug-likeness (QED) is 0.812. The SMILES string of the molecule is C=CCCC(C)Nc1cc(-n2cnnn2)ccc1F. The smallest absolute Gasteiger partial charge is 0.146 e. The van der Waals surface area contributed by atoms with Crippen molar-refractivity contribution in [2.24, 2.45) is 0 Å². The lowest BCUT2D eigenvalue weighted by atomic mass is 10.1. The number of benzene rings is 1. The number of allylic oxidation sites excluding steroid dienone is 1. The molecule has 0 bridgehead atoms. The third kappa shape index (κ3) is 3.37. The van der Waals surface area contributed by atoms with Gasteiger partial charge in [0.25, 0.3) is 0 Å². The Kier molecular flexibility index (Phi) is 4.22. The van der Waals surface area contributed by atoms with Crippen molar-refractivity contribution < 1.29 is 4.39 Å². The molecule has 5 nitrogen and oxygen atoms in total. The molecular weight excluding hydrogens is 245 g/mol. The number of tetrazole rings is 1. The van der Waals surface area contributed by atoms with Crippen molar-refractivity contribution in [3.8, 4) is 5.69 Å². The molecule has 0 spiro atoms. The van der Waals surface area contributed by atoms with Crippen LogP contribution in [0.4, 0.5) is 10.1 Å². The monoisotopic (exact) mass is 261 g/mol. The molecule has 19 heavy (non-hydrogen) atoms. The molecule has 2 rings (SSSR count). The van der Waals surface area contributed by atoms with Crippen molar-refractivity contribution in [1.82, 2.24) is 20.2 Å². The summed E-state index contributed by atoms with van der Waals surface area (Å²) in [6, 6.07) is 4.89. The van der Waals surface area contributed by atoms with Crippen LogP contribution in [0.1, 0.15) is 19.8 Å². The fraction of sp³-hybridized carbons (Fsp3) is 0.308. The second-order valence-corrected chi connectivity index (χ2v) is 4.33. The largest absolute Gasteiger partial charge is 0.380 e. The van der Waals surface area contributed by atoms with Crippen LogP contribution in [0.15, 0.2) is 37.2 Å². The molecule has 1 heterocycles. The highest BCUT2D eigenvalue weighted by Crippen LogP contribution is 2.19.